The van der Waals surface area contributed by atoms with Gasteiger partial charge in [0.2, 0.25) is 10.0 Å². The Hall–Kier alpha value is -2.50. The molecule has 0 bridgehead atoms. The average molecular weight is 433 g/mol. The van der Waals surface area contributed by atoms with E-state index in [1.807, 2.05) is 0 Å². The summed E-state index contributed by atoms with van der Waals surface area (Å²) in [7, 11) is -4.05. The summed E-state index contributed by atoms with van der Waals surface area (Å²) < 4.78 is 67.0. The van der Waals surface area contributed by atoms with Crippen LogP contribution in [0, 0.1) is 0 Å². The number of rotatable bonds is 5. The molecule has 1 N–H and O–H groups in total. The first-order valence-corrected chi connectivity index (χ1v) is 9.56. The smallest absolute Gasteiger partial charge is 0.295 e. The Balaban J connectivity index is 1.92. The lowest BCUT2D eigenvalue weighted by Gasteiger charge is -2.10. The molecule has 2 aromatic heterocycles. The minimum atomic E-state index is -4.65. The van der Waals surface area contributed by atoms with Gasteiger partial charge in [0.15, 0.2) is 17.3 Å². The average Bonchev–Trinajstić information content (AvgIpc) is 3.03. The lowest BCUT2D eigenvalue weighted by Crippen LogP contribution is -2.24. The highest BCUT2D eigenvalue weighted by Crippen LogP contribution is 2.32. The summed E-state index contributed by atoms with van der Waals surface area (Å²) in [6.07, 6.45) is -3.91. The Morgan fingerprint density at radius 1 is 1.25 bits per heavy atom. The van der Waals surface area contributed by atoms with Crippen LogP contribution >= 0.6 is 11.6 Å². The van der Waals surface area contributed by atoms with Crippen molar-refractivity contribution >= 4 is 33.1 Å². The van der Waals surface area contributed by atoms with Crippen LogP contribution in [-0.2, 0) is 22.7 Å². The van der Waals surface area contributed by atoms with Gasteiger partial charge in [-0.3, -0.25) is 9.20 Å². The number of ketones is 1. The molecule has 12 heteroatoms. The van der Waals surface area contributed by atoms with Gasteiger partial charge in [0.25, 0.3) is 0 Å². The van der Waals surface area contributed by atoms with E-state index in [1.54, 1.807) is 0 Å². The summed E-state index contributed by atoms with van der Waals surface area (Å²) in [5, 5.41) is 7.12. The largest absolute Gasteiger partial charge is 0.417 e. The number of fused-ring (bicyclic) bond motifs is 1. The maximum Gasteiger partial charge on any atom is 0.417 e. The van der Waals surface area contributed by atoms with E-state index >= 15 is 0 Å². The number of nitrogens with one attached hydrogen (secondary N) is 1. The van der Waals surface area contributed by atoms with Gasteiger partial charge in [-0.25, -0.2) is 13.1 Å². The number of alkyl halides is 3. The number of sulfonamides is 1. The van der Waals surface area contributed by atoms with Crippen LogP contribution in [0.15, 0.2) is 41.4 Å². The van der Waals surface area contributed by atoms with Gasteiger partial charge in [-0.2, -0.15) is 13.2 Å². The number of halogens is 4. The van der Waals surface area contributed by atoms with Gasteiger partial charge < -0.3 is 0 Å². The Morgan fingerprint density at radius 3 is 2.61 bits per heavy atom. The highest BCUT2D eigenvalue weighted by atomic mass is 35.5. The van der Waals surface area contributed by atoms with Crippen molar-refractivity contribution < 1.29 is 26.4 Å². The van der Waals surface area contributed by atoms with Crippen molar-refractivity contribution in [2.75, 3.05) is 0 Å². The molecule has 0 spiro atoms. The van der Waals surface area contributed by atoms with Crippen molar-refractivity contribution in [3.8, 4) is 0 Å². The van der Waals surface area contributed by atoms with Gasteiger partial charge in [0.1, 0.15) is 0 Å². The molecule has 0 radical (unpaired) electrons. The third kappa shape index (κ3) is 4.01. The molecule has 1 aromatic carbocycles. The molecule has 0 unspecified atom stereocenters. The molecule has 0 aliphatic carbocycles. The molecule has 28 heavy (non-hydrogen) atoms. The lowest BCUT2D eigenvalue weighted by atomic mass is 10.2. The van der Waals surface area contributed by atoms with Crippen LogP contribution in [0.5, 0.6) is 0 Å². The predicted molar refractivity (Wildman–Crippen MR) is 93.5 cm³/mol. The Bertz CT molecular complexity index is 1180. The van der Waals surface area contributed by atoms with Crippen molar-refractivity contribution in [3.05, 3.63) is 58.5 Å². The van der Waals surface area contributed by atoms with Crippen LogP contribution in [0.4, 0.5) is 13.2 Å². The molecule has 0 amide bonds. The number of Topliss-reactive ketones (excluding diaryl/α,β-unsaturated/α-hetero) is 1. The molecule has 148 valence electrons. The van der Waals surface area contributed by atoms with E-state index in [2.05, 4.69) is 14.9 Å². The number of nitrogens with zero attached hydrogens (tertiary/aromatic N) is 3. The summed E-state index contributed by atoms with van der Waals surface area (Å²) in [6, 6.07) is 6.08. The minimum Gasteiger partial charge on any atom is -0.295 e. The standard InChI is InChI=1S/C16H12ClF3N4O3S/c1-9(25)10-3-2-4-12(5-10)28(26,27)21-7-14-22-23-15-13(17)6-11(8-24(14)15)16(18,19)20/h2-6,8,21H,7H2,1H3. The summed E-state index contributed by atoms with van der Waals surface area (Å²) >= 11 is 5.82. The number of pyridine rings is 1. The van der Waals surface area contributed by atoms with Crippen molar-refractivity contribution in [3.63, 3.8) is 0 Å². The first-order valence-electron chi connectivity index (χ1n) is 7.70. The van der Waals surface area contributed by atoms with E-state index in [-0.39, 0.29) is 32.7 Å². The SMILES string of the molecule is CC(=O)c1cccc(S(=O)(=O)NCc2nnc3c(Cl)cc(C(F)(F)F)cn23)c1. The summed E-state index contributed by atoms with van der Waals surface area (Å²) in [5.41, 5.74) is -0.858. The molecule has 0 saturated heterocycles. The second-order valence-corrected chi connectivity index (χ2v) is 7.97. The fourth-order valence-electron chi connectivity index (χ4n) is 2.40. The number of benzene rings is 1. The fraction of sp³-hybridized carbons (Fsp3) is 0.188. The Labute approximate surface area is 162 Å². The molecule has 0 atom stereocenters. The Kier molecular flexibility index (Phi) is 5.17. The van der Waals surface area contributed by atoms with Crippen LogP contribution in [0.1, 0.15) is 28.7 Å². The molecule has 7 nitrogen and oxygen atoms in total. The Morgan fingerprint density at radius 2 is 1.96 bits per heavy atom. The van der Waals surface area contributed by atoms with E-state index in [0.717, 1.165) is 10.6 Å². The monoisotopic (exact) mass is 432 g/mol. The summed E-state index contributed by atoms with van der Waals surface area (Å²) in [6.45, 7) is 0.856. The van der Waals surface area contributed by atoms with Gasteiger partial charge in [-0.1, -0.05) is 23.7 Å². The number of aromatic nitrogens is 3. The maximum absolute atomic E-state index is 13.0. The van der Waals surface area contributed by atoms with E-state index in [1.165, 1.54) is 31.2 Å². The number of carbonyl (C=O) groups excluding carboxylic acids is 1. The van der Waals surface area contributed by atoms with Crippen molar-refractivity contribution in [2.24, 2.45) is 0 Å². The first kappa shape index (κ1) is 20.2. The van der Waals surface area contributed by atoms with Crippen LogP contribution in [0.3, 0.4) is 0 Å². The summed E-state index contributed by atoms with van der Waals surface area (Å²) in [4.78, 5) is 11.3. The third-order valence-corrected chi connectivity index (χ3v) is 5.51. The first-order chi connectivity index (χ1) is 13.0. The van der Waals surface area contributed by atoms with Gasteiger partial charge in [-0.05, 0) is 25.1 Å². The topological polar surface area (TPSA) is 93.4 Å². The van der Waals surface area contributed by atoms with E-state index in [0.29, 0.717) is 6.07 Å². The van der Waals surface area contributed by atoms with Crippen LogP contribution < -0.4 is 4.72 Å². The van der Waals surface area contributed by atoms with E-state index in [9.17, 15) is 26.4 Å². The van der Waals surface area contributed by atoms with Gasteiger partial charge in [0, 0.05) is 11.8 Å². The van der Waals surface area contributed by atoms with Crippen molar-refractivity contribution in [1.29, 1.82) is 0 Å². The summed E-state index contributed by atoms with van der Waals surface area (Å²) in [5.74, 6) is -0.399. The normalized spacial score (nSPS) is 12.5. The lowest BCUT2D eigenvalue weighted by molar-refractivity contribution is -0.137. The number of hydrogen-bond donors (Lipinski definition) is 1. The minimum absolute atomic E-state index is 0.0394. The zero-order valence-electron chi connectivity index (χ0n) is 14.2. The molecule has 0 aliphatic rings. The van der Waals surface area contributed by atoms with Crippen LogP contribution in [0.25, 0.3) is 5.65 Å². The number of hydrogen-bond acceptors (Lipinski definition) is 5. The van der Waals surface area contributed by atoms with Gasteiger partial charge >= 0.3 is 6.18 Å². The van der Waals surface area contributed by atoms with Crippen molar-refractivity contribution in [1.82, 2.24) is 19.3 Å². The van der Waals surface area contributed by atoms with E-state index < -0.39 is 28.3 Å². The molecule has 3 rings (SSSR count). The third-order valence-electron chi connectivity index (χ3n) is 3.83. The molecule has 0 aliphatic heterocycles. The predicted octanol–water partition coefficient (Wildman–Crippen LogP) is 3.08. The molecular weight excluding hydrogens is 421 g/mol. The number of carbonyl (C=O) groups is 1. The molecule has 3 aromatic rings. The highest BCUT2D eigenvalue weighted by molar-refractivity contribution is 7.89. The second kappa shape index (κ2) is 7.15. The fourth-order valence-corrected chi connectivity index (χ4v) is 3.67. The second-order valence-electron chi connectivity index (χ2n) is 5.79. The molecule has 0 fully saturated rings. The van der Waals surface area contributed by atoms with Crippen molar-refractivity contribution in [2.45, 2.75) is 24.5 Å². The molecule has 0 saturated carbocycles. The van der Waals surface area contributed by atoms with Crippen LogP contribution in [0.2, 0.25) is 5.02 Å². The van der Waals surface area contributed by atoms with Gasteiger partial charge in [0.05, 0.1) is 22.0 Å². The van der Waals surface area contributed by atoms with E-state index in [4.69, 9.17) is 11.6 Å². The highest BCUT2D eigenvalue weighted by Gasteiger charge is 2.32. The molecular formula is C16H12ClF3N4O3S. The molecule has 2 heterocycles. The van der Waals surface area contributed by atoms with Crippen LogP contribution in [-0.4, -0.2) is 28.8 Å². The zero-order chi connectivity index (χ0) is 20.7. The van der Waals surface area contributed by atoms with Gasteiger partial charge in [-0.15, -0.1) is 10.2 Å². The quantitative estimate of drug-likeness (QED) is 0.625. The zero-order valence-corrected chi connectivity index (χ0v) is 15.7. The maximum atomic E-state index is 13.0.